The van der Waals surface area contributed by atoms with Crippen molar-refractivity contribution < 1.29 is 23.1 Å². The van der Waals surface area contributed by atoms with Gasteiger partial charge in [-0.25, -0.2) is 8.42 Å². The van der Waals surface area contributed by atoms with E-state index in [1.165, 1.54) is 0 Å². The van der Waals surface area contributed by atoms with E-state index in [-0.39, 0.29) is 19.0 Å². The Balaban J connectivity index is 2.60. The molecule has 0 amide bonds. The number of sulfonamides is 1. The van der Waals surface area contributed by atoms with Gasteiger partial charge in [-0.05, 0) is 5.92 Å². The normalized spacial score (nSPS) is 20.6. The zero-order valence-electron chi connectivity index (χ0n) is 9.63. The van der Waals surface area contributed by atoms with Gasteiger partial charge in [-0.15, -0.1) is 0 Å². The van der Waals surface area contributed by atoms with Crippen LogP contribution in [-0.4, -0.2) is 55.4 Å². The first-order valence-corrected chi connectivity index (χ1v) is 6.59. The van der Waals surface area contributed by atoms with Crippen LogP contribution < -0.4 is 0 Å². The first-order chi connectivity index (χ1) is 7.21. The molecular formula is C9H17NO5S. The molecule has 16 heavy (non-hydrogen) atoms. The minimum atomic E-state index is -3.64. The molecule has 0 atom stereocenters. The third-order valence-corrected chi connectivity index (χ3v) is 4.54. The van der Waals surface area contributed by atoms with E-state index in [1.807, 2.05) is 13.8 Å². The molecule has 0 aromatic heterocycles. The van der Waals surface area contributed by atoms with Crippen LogP contribution in [0.1, 0.15) is 13.8 Å². The van der Waals surface area contributed by atoms with Crippen molar-refractivity contribution in [1.82, 2.24) is 4.31 Å². The summed E-state index contributed by atoms with van der Waals surface area (Å²) >= 11 is 0. The van der Waals surface area contributed by atoms with Crippen LogP contribution in [-0.2, 0) is 19.6 Å². The Labute approximate surface area is 95.2 Å². The predicted octanol–water partition coefficient (Wildman–Crippen LogP) is -0.808. The minimum Gasteiger partial charge on any atom is -0.468 e. The van der Waals surface area contributed by atoms with Gasteiger partial charge in [0.1, 0.15) is 0 Å². The Hall–Kier alpha value is -0.660. The Bertz CT molecular complexity index is 369. The van der Waals surface area contributed by atoms with Crippen LogP contribution in [0.3, 0.4) is 0 Å². The van der Waals surface area contributed by atoms with Crippen molar-refractivity contribution >= 4 is 16.0 Å². The van der Waals surface area contributed by atoms with Crippen LogP contribution in [0.4, 0.5) is 0 Å². The number of rotatable bonds is 4. The molecule has 1 fully saturated rings. The van der Waals surface area contributed by atoms with Gasteiger partial charge >= 0.3 is 5.97 Å². The van der Waals surface area contributed by atoms with Crippen LogP contribution in [0, 0.1) is 5.92 Å². The van der Waals surface area contributed by atoms with E-state index < -0.39 is 27.3 Å². The van der Waals surface area contributed by atoms with Crippen LogP contribution in [0.2, 0.25) is 0 Å². The quantitative estimate of drug-likeness (QED) is 0.661. The van der Waals surface area contributed by atoms with Crippen LogP contribution >= 0.6 is 0 Å². The van der Waals surface area contributed by atoms with Gasteiger partial charge in [0.25, 0.3) is 0 Å². The lowest BCUT2D eigenvalue weighted by Gasteiger charge is -2.47. The molecule has 7 heteroatoms. The molecule has 94 valence electrons. The Kier molecular flexibility index (Phi) is 3.61. The molecule has 0 spiro atoms. The second kappa shape index (κ2) is 4.31. The van der Waals surface area contributed by atoms with Gasteiger partial charge in [0.15, 0.2) is 5.75 Å². The summed E-state index contributed by atoms with van der Waals surface area (Å²) in [5.74, 6) is -1.48. The summed E-state index contributed by atoms with van der Waals surface area (Å²) < 4.78 is 28.6. The lowest BCUT2D eigenvalue weighted by atomic mass is 9.85. The molecule has 1 rings (SSSR count). The number of carbonyl (C=O) groups excluding carboxylic acids is 1. The first-order valence-electron chi connectivity index (χ1n) is 4.98. The minimum absolute atomic E-state index is 0.0166. The Morgan fingerprint density at radius 1 is 1.50 bits per heavy atom. The Morgan fingerprint density at radius 2 is 2.00 bits per heavy atom. The van der Waals surface area contributed by atoms with Crippen molar-refractivity contribution in [3.8, 4) is 0 Å². The van der Waals surface area contributed by atoms with Gasteiger partial charge in [-0.2, -0.15) is 4.31 Å². The average molecular weight is 251 g/mol. The average Bonchev–Trinajstić information content (AvgIpc) is 2.11. The van der Waals surface area contributed by atoms with Crippen LogP contribution in [0.15, 0.2) is 0 Å². The summed E-state index contributed by atoms with van der Waals surface area (Å²) in [4.78, 5) is 10.9. The molecule has 0 saturated carbocycles. The van der Waals surface area contributed by atoms with Crippen molar-refractivity contribution in [3.63, 3.8) is 0 Å². The maximum atomic E-state index is 11.6. The Morgan fingerprint density at radius 3 is 2.38 bits per heavy atom. The zero-order chi connectivity index (χ0) is 12.6. The fourth-order valence-electron chi connectivity index (χ4n) is 1.43. The molecule has 0 aromatic carbocycles. The SMILES string of the molecule is COC(=O)CS(=O)(=O)N1CC(O)(C(C)C)C1. The second-order valence-corrected chi connectivity index (χ2v) is 6.33. The fraction of sp³-hybridized carbons (Fsp3) is 0.889. The van der Waals surface area contributed by atoms with Crippen molar-refractivity contribution in [3.05, 3.63) is 0 Å². The second-order valence-electron chi connectivity index (χ2n) is 4.36. The molecule has 0 aromatic rings. The molecule has 0 bridgehead atoms. The predicted molar refractivity (Wildman–Crippen MR) is 57.2 cm³/mol. The smallest absolute Gasteiger partial charge is 0.322 e. The summed E-state index contributed by atoms with van der Waals surface area (Å²) in [7, 11) is -2.50. The van der Waals surface area contributed by atoms with Gasteiger partial charge in [-0.1, -0.05) is 13.8 Å². The van der Waals surface area contributed by atoms with Crippen LogP contribution in [0.25, 0.3) is 0 Å². The van der Waals surface area contributed by atoms with E-state index in [2.05, 4.69) is 4.74 Å². The molecule has 6 nitrogen and oxygen atoms in total. The summed E-state index contributed by atoms with van der Waals surface area (Å²) in [6.07, 6.45) is 0. The number of nitrogens with zero attached hydrogens (tertiary/aromatic N) is 1. The highest BCUT2D eigenvalue weighted by Crippen LogP contribution is 2.30. The highest BCUT2D eigenvalue weighted by molar-refractivity contribution is 7.89. The number of β-amino-alcohol motifs (C(OH)–C–C–N with tert-alkyl or cyclic N) is 1. The van der Waals surface area contributed by atoms with E-state index in [0.29, 0.717) is 0 Å². The lowest BCUT2D eigenvalue weighted by Crippen LogP contribution is -2.66. The number of esters is 1. The van der Waals surface area contributed by atoms with Crippen molar-refractivity contribution in [1.29, 1.82) is 0 Å². The topological polar surface area (TPSA) is 83.9 Å². The fourth-order valence-corrected chi connectivity index (χ4v) is 2.86. The highest BCUT2D eigenvalue weighted by Gasteiger charge is 2.49. The third kappa shape index (κ3) is 2.53. The van der Waals surface area contributed by atoms with Crippen molar-refractivity contribution in [2.24, 2.45) is 5.92 Å². The lowest BCUT2D eigenvalue weighted by molar-refractivity contribution is -0.137. The maximum absolute atomic E-state index is 11.6. The molecule has 0 radical (unpaired) electrons. The third-order valence-electron chi connectivity index (χ3n) is 2.90. The van der Waals surface area contributed by atoms with E-state index in [9.17, 15) is 18.3 Å². The molecule has 1 aliphatic rings. The molecule has 0 aliphatic carbocycles. The summed E-state index contributed by atoms with van der Waals surface area (Å²) in [5, 5.41) is 9.89. The highest BCUT2D eigenvalue weighted by atomic mass is 32.2. The monoisotopic (exact) mass is 251 g/mol. The summed E-state index contributed by atoms with van der Waals surface area (Å²) in [6, 6.07) is 0. The van der Waals surface area contributed by atoms with E-state index in [1.54, 1.807) is 0 Å². The van der Waals surface area contributed by atoms with Gasteiger partial charge in [-0.3, -0.25) is 4.79 Å². The van der Waals surface area contributed by atoms with E-state index in [0.717, 1.165) is 11.4 Å². The number of ether oxygens (including phenoxy) is 1. The van der Waals surface area contributed by atoms with Gasteiger partial charge in [0.2, 0.25) is 10.0 Å². The van der Waals surface area contributed by atoms with Gasteiger partial charge < -0.3 is 9.84 Å². The molecule has 0 unspecified atom stereocenters. The molecule has 1 saturated heterocycles. The van der Waals surface area contributed by atoms with Crippen molar-refractivity contribution in [2.45, 2.75) is 19.4 Å². The largest absolute Gasteiger partial charge is 0.468 e. The first kappa shape index (κ1) is 13.4. The van der Waals surface area contributed by atoms with Crippen molar-refractivity contribution in [2.75, 3.05) is 26.0 Å². The van der Waals surface area contributed by atoms with Gasteiger partial charge in [0.05, 0.1) is 12.7 Å². The summed E-state index contributed by atoms with van der Waals surface area (Å²) in [5.41, 5.74) is -0.969. The molecule has 1 aliphatic heterocycles. The number of hydrogen-bond acceptors (Lipinski definition) is 5. The zero-order valence-corrected chi connectivity index (χ0v) is 10.5. The summed E-state index contributed by atoms with van der Waals surface area (Å²) in [6.45, 7) is 3.74. The number of aliphatic hydroxyl groups is 1. The molecule has 1 N–H and O–H groups in total. The van der Waals surface area contributed by atoms with E-state index >= 15 is 0 Å². The number of methoxy groups -OCH3 is 1. The number of hydrogen-bond donors (Lipinski definition) is 1. The van der Waals surface area contributed by atoms with Gasteiger partial charge in [0, 0.05) is 13.1 Å². The molecule has 1 heterocycles. The van der Waals surface area contributed by atoms with Crippen LogP contribution in [0.5, 0.6) is 0 Å². The van der Waals surface area contributed by atoms with E-state index in [4.69, 9.17) is 0 Å². The molecular weight excluding hydrogens is 234 g/mol. The maximum Gasteiger partial charge on any atom is 0.322 e. The standard InChI is InChI=1S/C9H17NO5S/c1-7(2)9(12)5-10(6-9)16(13,14)4-8(11)15-3/h7,12H,4-6H2,1-3H3. The number of carbonyl (C=O) groups is 1.